The lowest BCUT2D eigenvalue weighted by molar-refractivity contribution is -0.140. The minimum absolute atomic E-state index is 0.154. The van der Waals surface area contributed by atoms with Gasteiger partial charge in [-0.3, -0.25) is 9.59 Å². The van der Waals surface area contributed by atoms with E-state index in [4.69, 9.17) is 5.11 Å². The smallest absolute Gasteiger partial charge is 0.327 e. The highest BCUT2D eigenvalue weighted by Gasteiger charge is 2.30. The van der Waals surface area contributed by atoms with Gasteiger partial charge in [-0.2, -0.15) is 0 Å². The van der Waals surface area contributed by atoms with Crippen molar-refractivity contribution in [2.75, 3.05) is 23.9 Å². The molecule has 0 aliphatic carbocycles. The van der Waals surface area contributed by atoms with Gasteiger partial charge in [0.25, 0.3) is 0 Å². The molecule has 0 fully saturated rings. The van der Waals surface area contributed by atoms with Crippen LogP contribution in [0.5, 0.6) is 0 Å². The highest BCUT2D eigenvalue weighted by atomic mass is 33.1. The van der Waals surface area contributed by atoms with Crippen LogP contribution in [0, 0.1) is 0 Å². The van der Waals surface area contributed by atoms with Crippen molar-refractivity contribution in [3.05, 3.63) is 0 Å². The topological polar surface area (TPSA) is 150 Å². The second-order valence-electron chi connectivity index (χ2n) is 7.53. The van der Waals surface area contributed by atoms with Gasteiger partial charge in [0.15, 0.2) is 0 Å². The van der Waals surface area contributed by atoms with Crippen molar-refractivity contribution in [2.45, 2.75) is 69.7 Å². The highest BCUT2D eigenvalue weighted by Crippen LogP contribution is 2.36. The SMILES string of the molecule is CC(=O)CCCCC(CCSSCC(NC(C)=O)C(=O)O)SSCC(C=O)(CO)NC(C)=O. The highest BCUT2D eigenvalue weighted by molar-refractivity contribution is 8.77. The number of Topliss-reactive ketones (excluding diaryl/α,β-unsaturated/α-hetero) is 1. The number of aliphatic carboxylic acids is 1. The van der Waals surface area contributed by atoms with E-state index >= 15 is 0 Å². The van der Waals surface area contributed by atoms with Gasteiger partial charge in [0.2, 0.25) is 11.8 Å². The van der Waals surface area contributed by atoms with E-state index in [1.54, 1.807) is 17.7 Å². The summed E-state index contributed by atoms with van der Waals surface area (Å²) in [5.74, 6) is -0.473. The Bertz CT molecular complexity index is 654. The lowest BCUT2D eigenvalue weighted by atomic mass is 10.1. The van der Waals surface area contributed by atoms with Crippen LogP contribution < -0.4 is 10.6 Å². The number of unbranched alkanes of at least 4 members (excludes halogenated alkanes) is 1. The molecular formula is C20H34N2O7S4. The van der Waals surface area contributed by atoms with E-state index in [9.17, 15) is 29.1 Å². The van der Waals surface area contributed by atoms with Crippen LogP contribution >= 0.6 is 43.2 Å². The number of aldehydes is 1. The average molecular weight is 543 g/mol. The van der Waals surface area contributed by atoms with E-state index in [2.05, 4.69) is 10.6 Å². The molecule has 3 atom stereocenters. The van der Waals surface area contributed by atoms with Gasteiger partial charge in [-0.25, -0.2) is 4.79 Å². The van der Waals surface area contributed by atoms with Gasteiger partial charge in [0, 0.05) is 42.8 Å². The molecule has 0 rings (SSSR count). The first kappa shape index (κ1) is 32.1. The van der Waals surface area contributed by atoms with E-state index in [0.29, 0.717) is 12.7 Å². The van der Waals surface area contributed by atoms with Crippen LogP contribution in [-0.2, 0) is 24.0 Å². The number of amides is 2. The number of carboxylic acids is 1. The number of hydrogen-bond donors (Lipinski definition) is 4. The average Bonchev–Trinajstić information content (AvgIpc) is 2.73. The summed E-state index contributed by atoms with van der Waals surface area (Å²) in [6.45, 7) is 3.65. The molecule has 0 radical (unpaired) electrons. The van der Waals surface area contributed by atoms with Crippen LogP contribution in [0.1, 0.15) is 52.9 Å². The van der Waals surface area contributed by atoms with Gasteiger partial charge < -0.3 is 30.4 Å². The standard InChI is InChI=1S/C20H34N2O7S4/c1-14(25)6-4-5-7-17(33-32-13-20(11-23,12-24)22-16(3)27)8-9-30-31-10-18(19(28)29)21-15(2)26/h11,17-18,24H,4-10,12-13H2,1-3H3,(H,21,26)(H,22,27)(H,28,29). The van der Waals surface area contributed by atoms with Crippen LogP contribution in [0.2, 0.25) is 0 Å². The molecule has 13 heteroatoms. The monoisotopic (exact) mass is 542 g/mol. The summed E-state index contributed by atoms with van der Waals surface area (Å²) in [4.78, 5) is 56.3. The fourth-order valence-electron chi connectivity index (χ4n) is 2.57. The molecule has 0 aromatic heterocycles. The summed E-state index contributed by atoms with van der Waals surface area (Å²) in [5.41, 5.74) is -1.32. The van der Waals surface area contributed by atoms with Crippen molar-refractivity contribution >= 4 is 73.0 Å². The third kappa shape index (κ3) is 16.4. The molecule has 33 heavy (non-hydrogen) atoms. The summed E-state index contributed by atoms with van der Waals surface area (Å²) in [6, 6.07) is -0.934. The molecule has 0 spiro atoms. The summed E-state index contributed by atoms with van der Waals surface area (Å²) >= 11 is 0. The van der Waals surface area contributed by atoms with Crippen molar-refractivity contribution < 1.29 is 34.2 Å². The molecule has 0 aromatic rings. The maximum Gasteiger partial charge on any atom is 0.327 e. The Balaban J connectivity index is 4.65. The minimum atomic E-state index is -1.32. The Morgan fingerprint density at radius 1 is 1.00 bits per heavy atom. The van der Waals surface area contributed by atoms with Crippen LogP contribution in [0.3, 0.4) is 0 Å². The molecule has 190 valence electrons. The minimum Gasteiger partial charge on any atom is -0.480 e. The lowest BCUT2D eigenvalue weighted by Crippen LogP contribution is -2.54. The Labute approximate surface area is 210 Å². The van der Waals surface area contributed by atoms with Crippen molar-refractivity contribution in [1.82, 2.24) is 10.6 Å². The Morgan fingerprint density at radius 2 is 1.70 bits per heavy atom. The Kier molecular flexibility index (Phi) is 17.9. The molecule has 0 aliphatic heterocycles. The maximum absolute atomic E-state index is 11.5. The van der Waals surface area contributed by atoms with E-state index < -0.39 is 30.1 Å². The van der Waals surface area contributed by atoms with Gasteiger partial charge in [0.1, 0.15) is 23.7 Å². The van der Waals surface area contributed by atoms with Crippen molar-refractivity contribution in [2.24, 2.45) is 0 Å². The van der Waals surface area contributed by atoms with Gasteiger partial charge >= 0.3 is 5.97 Å². The van der Waals surface area contributed by atoms with E-state index in [0.717, 1.165) is 31.4 Å². The maximum atomic E-state index is 11.5. The number of nitrogens with one attached hydrogen (secondary N) is 2. The molecule has 0 saturated carbocycles. The Hall–Kier alpha value is -0.890. The first-order valence-corrected chi connectivity index (χ1v) is 15.3. The fourth-order valence-corrected chi connectivity index (χ4v) is 8.18. The van der Waals surface area contributed by atoms with Gasteiger partial charge in [-0.15, -0.1) is 0 Å². The molecule has 9 nitrogen and oxygen atoms in total. The van der Waals surface area contributed by atoms with Crippen LogP contribution in [0.4, 0.5) is 0 Å². The number of carboxylic acid groups (broad SMARTS) is 1. The summed E-state index contributed by atoms with van der Waals surface area (Å²) < 4.78 is 0. The number of rotatable bonds is 20. The van der Waals surface area contributed by atoms with Crippen LogP contribution in [0.25, 0.3) is 0 Å². The number of carbonyl (C=O) groups excluding carboxylic acids is 4. The zero-order valence-corrected chi connectivity index (χ0v) is 22.4. The van der Waals surface area contributed by atoms with Crippen molar-refractivity contribution in [3.8, 4) is 0 Å². The van der Waals surface area contributed by atoms with Crippen molar-refractivity contribution in [3.63, 3.8) is 0 Å². The van der Waals surface area contributed by atoms with E-state index in [-0.39, 0.29) is 28.4 Å². The number of aliphatic hydroxyl groups is 1. The van der Waals surface area contributed by atoms with Crippen LogP contribution in [0.15, 0.2) is 0 Å². The zero-order chi connectivity index (χ0) is 25.3. The molecular weight excluding hydrogens is 508 g/mol. The van der Waals surface area contributed by atoms with E-state index in [1.165, 1.54) is 46.2 Å². The number of ketones is 1. The normalized spacial score (nSPS) is 14.5. The molecule has 4 N–H and O–H groups in total. The number of aliphatic hydroxyl groups excluding tert-OH is 1. The second kappa shape index (κ2) is 18.4. The molecule has 0 aliphatic rings. The zero-order valence-electron chi connectivity index (χ0n) is 19.2. The summed E-state index contributed by atoms with van der Waals surface area (Å²) in [7, 11) is 5.89. The predicted molar refractivity (Wildman–Crippen MR) is 137 cm³/mol. The third-order valence-corrected chi connectivity index (χ3v) is 9.81. The molecule has 0 heterocycles. The molecule has 3 unspecified atom stereocenters. The molecule has 0 saturated heterocycles. The predicted octanol–water partition coefficient (Wildman–Crippen LogP) is 2.31. The largest absolute Gasteiger partial charge is 0.480 e. The van der Waals surface area contributed by atoms with Crippen molar-refractivity contribution in [1.29, 1.82) is 0 Å². The first-order valence-electron chi connectivity index (χ1n) is 10.4. The second-order valence-corrected chi connectivity index (χ2v) is 12.8. The number of carbonyl (C=O) groups is 5. The molecule has 0 bridgehead atoms. The molecule has 2 amide bonds. The van der Waals surface area contributed by atoms with Gasteiger partial charge in [-0.1, -0.05) is 49.6 Å². The van der Waals surface area contributed by atoms with Crippen LogP contribution in [-0.4, -0.2) is 80.8 Å². The first-order chi connectivity index (χ1) is 15.5. The quantitative estimate of drug-likeness (QED) is 0.102. The van der Waals surface area contributed by atoms with Gasteiger partial charge in [0.05, 0.1) is 6.61 Å². The molecule has 0 aromatic carbocycles. The summed E-state index contributed by atoms with van der Waals surface area (Å²) in [6.07, 6.45) is 4.47. The third-order valence-electron chi connectivity index (χ3n) is 4.28. The van der Waals surface area contributed by atoms with E-state index in [1.807, 2.05) is 0 Å². The number of hydrogen-bond acceptors (Lipinski definition) is 10. The fraction of sp³-hybridized carbons (Fsp3) is 0.750. The lowest BCUT2D eigenvalue weighted by Gasteiger charge is -2.26. The Morgan fingerprint density at radius 3 is 2.21 bits per heavy atom. The van der Waals surface area contributed by atoms with Gasteiger partial charge in [-0.05, 0) is 26.2 Å². The summed E-state index contributed by atoms with van der Waals surface area (Å²) in [5, 5.41) is 23.9.